The number of fused-ring (bicyclic) bond motifs is 1. The fourth-order valence-electron chi connectivity index (χ4n) is 2.37. The molecular weight excluding hydrogens is 306 g/mol. The molecule has 1 amide bonds. The number of imidazole rings is 1. The van der Waals surface area contributed by atoms with Gasteiger partial charge in [0.1, 0.15) is 5.65 Å². The largest absolute Gasteiger partial charge is 0.493 e. The van der Waals surface area contributed by atoms with Crippen LogP contribution in [0.3, 0.4) is 0 Å². The maximum atomic E-state index is 11.9. The molecule has 0 radical (unpaired) electrons. The van der Waals surface area contributed by atoms with Crippen molar-refractivity contribution in [3.05, 3.63) is 60.6 Å². The van der Waals surface area contributed by atoms with E-state index in [0.717, 1.165) is 11.3 Å². The monoisotopic (exact) mass is 325 g/mol. The molecule has 0 saturated carbocycles. The van der Waals surface area contributed by atoms with Crippen molar-refractivity contribution in [3.8, 4) is 11.5 Å². The number of aromatic nitrogens is 2. The van der Waals surface area contributed by atoms with Crippen LogP contribution in [0.25, 0.3) is 5.65 Å². The molecule has 0 aliphatic carbocycles. The van der Waals surface area contributed by atoms with Crippen molar-refractivity contribution >= 4 is 11.6 Å². The van der Waals surface area contributed by atoms with Gasteiger partial charge in [-0.25, -0.2) is 4.98 Å². The van der Waals surface area contributed by atoms with Crippen LogP contribution in [-0.2, 0) is 11.2 Å². The fourth-order valence-corrected chi connectivity index (χ4v) is 2.37. The second-order valence-corrected chi connectivity index (χ2v) is 5.24. The van der Waals surface area contributed by atoms with Crippen molar-refractivity contribution < 1.29 is 14.3 Å². The van der Waals surface area contributed by atoms with Crippen LogP contribution >= 0.6 is 0 Å². The van der Waals surface area contributed by atoms with Crippen molar-refractivity contribution in [2.24, 2.45) is 0 Å². The lowest BCUT2D eigenvalue weighted by Crippen LogP contribution is -2.30. The number of para-hydroxylation sites is 2. The van der Waals surface area contributed by atoms with Crippen LogP contribution < -0.4 is 14.8 Å². The Morgan fingerprint density at radius 1 is 1.17 bits per heavy atom. The Bertz CT molecular complexity index is 796. The van der Waals surface area contributed by atoms with E-state index in [-0.39, 0.29) is 12.5 Å². The number of nitrogens with zero attached hydrogens (tertiary/aromatic N) is 2. The first kappa shape index (κ1) is 15.9. The first-order valence-electron chi connectivity index (χ1n) is 7.71. The highest BCUT2D eigenvalue weighted by molar-refractivity contribution is 5.77. The molecule has 0 spiro atoms. The van der Waals surface area contributed by atoms with E-state index < -0.39 is 0 Å². The SMILES string of the molecule is COc1ccccc1OCC(=O)NCCc1cn2ccccc2n1. The zero-order chi connectivity index (χ0) is 16.8. The van der Waals surface area contributed by atoms with Crippen LogP contribution in [0.2, 0.25) is 0 Å². The topological polar surface area (TPSA) is 64.9 Å². The Morgan fingerprint density at radius 2 is 1.96 bits per heavy atom. The van der Waals surface area contributed by atoms with Crippen LogP contribution in [0, 0.1) is 0 Å². The van der Waals surface area contributed by atoms with Gasteiger partial charge in [-0.1, -0.05) is 18.2 Å². The van der Waals surface area contributed by atoms with E-state index in [9.17, 15) is 4.79 Å². The van der Waals surface area contributed by atoms with E-state index in [1.807, 2.05) is 47.1 Å². The molecule has 0 aliphatic heterocycles. The molecule has 0 fully saturated rings. The molecule has 3 aromatic rings. The maximum absolute atomic E-state index is 11.9. The predicted octanol–water partition coefficient (Wildman–Crippen LogP) is 2.08. The highest BCUT2D eigenvalue weighted by Crippen LogP contribution is 2.25. The summed E-state index contributed by atoms with van der Waals surface area (Å²) in [5, 5.41) is 2.83. The van der Waals surface area contributed by atoms with Gasteiger partial charge in [0.15, 0.2) is 18.1 Å². The summed E-state index contributed by atoms with van der Waals surface area (Å²) in [5.41, 5.74) is 1.84. The minimum atomic E-state index is -0.176. The van der Waals surface area contributed by atoms with Crippen molar-refractivity contribution in [2.75, 3.05) is 20.3 Å². The normalized spacial score (nSPS) is 10.5. The van der Waals surface area contributed by atoms with Crippen LogP contribution in [0.4, 0.5) is 0 Å². The molecule has 2 heterocycles. The molecular formula is C18H19N3O3. The Kier molecular flexibility index (Phi) is 4.96. The number of hydrogen-bond donors (Lipinski definition) is 1. The van der Waals surface area contributed by atoms with Gasteiger partial charge in [0, 0.05) is 25.4 Å². The molecule has 6 nitrogen and oxygen atoms in total. The lowest BCUT2D eigenvalue weighted by atomic mass is 10.3. The lowest BCUT2D eigenvalue weighted by molar-refractivity contribution is -0.123. The molecule has 124 valence electrons. The second-order valence-electron chi connectivity index (χ2n) is 5.24. The predicted molar refractivity (Wildman–Crippen MR) is 90.4 cm³/mol. The summed E-state index contributed by atoms with van der Waals surface area (Å²) < 4.78 is 12.6. The smallest absolute Gasteiger partial charge is 0.257 e. The molecule has 6 heteroatoms. The van der Waals surface area contributed by atoms with E-state index in [4.69, 9.17) is 9.47 Å². The third-order valence-electron chi connectivity index (χ3n) is 3.55. The first-order valence-corrected chi connectivity index (χ1v) is 7.71. The Labute approximate surface area is 140 Å². The summed E-state index contributed by atoms with van der Waals surface area (Å²) in [7, 11) is 1.57. The molecule has 0 unspecified atom stereocenters. The molecule has 1 aromatic carbocycles. The van der Waals surface area contributed by atoms with E-state index in [2.05, 4.69) is 10.3 Å². The maximum Gasteiger partial charge on any atom is 0.257 e. The van der Waals surface area contributed by atoms with Gasteiger partial charge in [-0.05, 0) is 24.3 Å². The third-order valence-corrected chi connectivity index (χ3v) is 3.55. The minimum Gasteiger partial charge on any atom is -0.493 e. The zero-order valence-corrected chi connectivity index (χ0v) is 13.4. The standard InChI is InChI=1S/C18H19N3O3/c1-23-15-6-2-3-7-16(15)24-13-18(22)19-10-9-14-12-21-11-5-4-8-17(21)20-14/h2-8,11-12H,9-10,13H2,1H3,(H,19,22). The van der Waals surface area contributed by atoms with Crippen molar-refractivity contribution in [3.63, 3.8) is 0 Å². The van der Waals surface area contributed by atoms with E-state index >= 15 is 0 Å². The van der Waals surface area contributed by atoms with Crippen molar-refractivity contribution in [1.29, 1.82) is 0 Å². The molecule has 3 rings (SSSR count). The highest BCUT2D eigenvalue weighted by atomic mass is 16.5. The van der Waals surface area contributed by atoms with Crippen LogP contribution in [0.1, 0.15) is 5.69 Å². The minimum absolute atomic E-state index is 0.0501. The summed E-state index contributed by atoms with van der Waals surface area (Å²) in [6.07, 6.45) is 4.58. The number of benzene rings is 1. The van der Waals surface area contributed by atoms with E-state index in [0.29, 0.717) is 24.5 Å². The number of pyridine rings is 1. The summed E-state index contributed by atoms with van der Waals surface area (Å²) in [5.74, 6) is 0.982. The van der Waals surface area contributed by atoms with Gasteiger partial charge in [0.2, 0.25) is 0 Å². The molecule has 0 bridgehead atoms. The number of nitrogens with one attached hydrogen (secondary N) is 1. The molecule has 0 saturated heterocycles. The molecule has 0 atom stereocenters. The summed E-state index contributed by atoms with van der Waals surface area (Å²) >= 11 is 0. The van der Waals surface area contributed by atoms with Crippen molar-refractivity contribution in [1.82, 2.24) is 14.7 Å². The molecule has 2 aromatic heterocycles. The van der Waals surface area contributed by atoms with Crippen LogP contribution in [-0.4, -0.2) is 35.6 Å². The zero-order valence-electron chi connectivity index (χ0n) is 13.4. The van der Waals surface area contributed by atoms with Crippen LogP contribution in [0.15, 0.2) is 54.9 Å². The Morgan fingerprint density at radius 3 is 2.75 bits per heavy atom. The third kappa shape index (κ3) is 3.84. The van der Waals surface area contributed by atoms with Gasteiger partial charge >= 0.3 is 0 Å². The van der Waals surface area contributed by atoms with E-state index in [1.165, 1.54) is 0 Å². The molecule has 1 N–H and O–H groups in total. The fraction of sp³-hybridized carbons (Fsp3) is 0.222. The Hall–Kier alpha value is -3.02. The number of carbonyl (C=O) groups is 1. The van der Waals surface area contributed by atoms with Gasteiger partial charge in [-0.15, -0.1) is 0 Å². The number of amides is 1. The number of methoxy groups -OCH3 is 1. The van der Waals surface area contributed by atoms with Crippen LogP contribution in [0.5, 0.6) is 11.5 Å². The summed E-state index contributed by atoms with van der Waals surface area (Å²) in [4.78, 5) is 16.4. The average molecular weight is 325 g/mol. The quantitative estimate of drug-likeness (QED) is 0.722. The van der Waals surface area contributed by atoms with Gasteiger partial charge in [-0.2, -0.15) is 0 Å². The number of hydrogen-bond acceptors (Lipinski definition) is 4. The molecule has 0 aliphatic rings. The highest BCUT2D eigenvalue weighted by Gasteiger charge is 2.07. The van der Waals surface area contributed by atoms with Crippen molar-refractivity contribution in [2.45, 2.75) is 6.42 Å². The number of rotatable bonds is 7. The van der Waals surface area contributed by atoms with E-state index in [1.54, 1.807) is 19.2 Å². The lowest BCUT2D eigenvalue weighted by Gasteiger charge is -2.10. The van der Waals surface area contributed by atoms with Gasteiger partial charge in [0.25, 0.3) is 5.91 Å². The molecule has 24 heavy (non-hydrogen) atoms. The van der Waals surface area contributed by atoms with Gasteiger partial charge < -0.3 is 19.2 Å². The summed E-state index contributed by atoms with van der Waals surface area (Å²) in [6, 6.07) is 13.1. The van der Waals surface area contributed by atoms with Gasteiger partial charge in [-0.3, -0.25) is 4.79 Å². The van der Waals surface area contributed by atoms with Gasteiger partial charge in [0.05, 0.1) is 12.8 Å². The Balaban J connectivity index is 1.45. The average Bonchev–Trinajstić information content (AvgIpc) is 3.03. The summed E-state index contributed by atoms with van der Waals surface area (Å²) in [6.45, 7) is 0.462. The number of ether oxygens (including phenoxy) is 2. The number of carbonyl (C=O) groups excluding carboxylic acids is 1. The second kappa shape index (κ2) is 7.50. The first-order chi connectivity index (χ1) is 11.8.